The molecule has 11 rings (SSSR count). The van der Waals surface area contributed by atoms with Gasteiger partial charge in [0.15, 0.2) is 68.0 Å². The third-order valence-electron chi connectivity index (χ3n) is 14.8. The second-order valence-corrected chi connectivity index (χ2v) is 25.0. The molecule has 0 bridgehead atoms. The number of pyridine rings is 4. The van der Waals surface area contributed by atoms with E-state index in [1.54, 1.807) is 0 Å². The Bertz CT molecular complexity index is 3970. The van der Waals surface area contributed by atoms with Crippen LogP contribution in [0.5, 0.6) is 46.0 Å². The lowest BCUT2D eigenvalue weighted by molar-refractivity contribution is -0.778. The van der Waals surface area contributed by atoms with Gasteiger partial charge in [0.2, 0.25) is 13.1 Å². The van der Waals surface area contributed by atoms with E-state index in [9.17, 15) is 26.3 Å². The lowest BCUT2D eigenvalue weighted by Crippen LogP contribution is -2.43. The highest BCUT2D eigenvalue weighted by atomic mass is 32.2. The van der Waals surface area contributed by atoms with E-state index in [1.165, 1.54) is 22.3 Å². The summed E-state index contributed by atoms with van der Waals surface area (Å²) in [6, 6.07) is 63.2. The zero-order chi connectivity index (χ0) is 75.3. The Hall–Kier alpha value is -10.4. The van der Waals surface area contributed by atoms with Crippen molar-refractivity contribution in [3.8, 4) is 68.2 Å². The van der Waals surface area contributed by atoms with Gasteiger partial charge in [-0.05, 0) is 142 Å². The summed E-state index contributed by atoms with van der Waals surface area (Å²) < 4.78 is 196. The summed E-state index contributed by atoms with van der Waals surface area (Å²) in [4.78, 5) is 8.13. The van der Waals surface area contributed by atoms with E-state index in [0.717, 1.165) is 58.3 Å². The fraction of sp³-hybridized carbons (Fsp3) is 0.263. The average Bonchev–Trinajstić information content (AvgIpc) is 0.821. The number of nitrogens with zero attached hydrogens (tertiary/aromatic N) is 4. The van der Waals surface area contributed by atoms with E-state index in [0.29, 0.717) is 102 Å². The van der Waals surface area contributed by atoms with Gasteiger partial charge in [-0.15, -0.1) is 0 Å². The van der Waals surface area contributed by atoms with Crippen molar-refractivity contribution in [1.82, 2.24) is 9.97 Å². The van der Waals surface area contributed by atoms with Gasteiger partial charge in [-0.1, -0.05) is 72.8 Å². The highest BCUT2D eigenvalue weighted by Gasteiger charge is 2.37. The number of para-hydroxylation sites is 4. The zero-order valence-electron chi connectivity index (χ0n) is 57.0. The van der Waals surface area contributed by atoms with Crippen LogP contribution in [0.2, 0.25) is 0 Å². The predicted molar refractivity (Wildman–Crippen MR) is 372 cm³/mol. The minimum absolute atomic E-state index is 0.289. The second-order valence-electron chi connectivity index (χ2n) is 22.3. The number of aromatic nitrogens is 4. The van der Waals surface area contributed by atoms with E-state index in [2.05, 4.69) is 68.2 Å². The molecule has 0 saturated heterocycles. The molecule has 0 N–H and O–H groups in total. The Balaban J connectivity index is 0.000000273. The number of fused-ring (bicyclic) bond motifs is 2. The van der Waals surface area contributed by atoms with Gasteiger partial charge < -0.3 is 65.9 Å². The van der Waals surface area contributed by atoms with Crippen molar-refractivity contribution in [2.24, 2.45) is 0 Å². The molecule has 5 heterocycles. The number of rotatable bonds is 17. The highest BCUT2D eigenvalue weighted by Crippen LogP contribution is 2.35. The average molecular weight is 1510 g/mol. The summed E-state index contributed by atoms with van der Waals surface area (Å²) >= 11 is 0. The highest BCUT2D eigenvalue weighted by molar-refractivity contribution is 7.86. The predicted octanol–water partition coefficient (Wildman–Crippen LogP) is 12.5. The van der Waals surface area contributed by atoms with E-state index in [-0.39, 0.29) is 26.4 Å². The lowest BCUT2D eigenvalue weighted by atomic mass is 10.1. The van der Waals surface area contributed by atoms with Crippen LogP contribution < -0.4 is 47.0 Å². The first-order chi connectivity index (χ1) is 51.1. The van der Waals surface area contributed by atoms with E-state index >= 15 is 0 Å². The Kier molecular flexibility index (Phi) is 32.6. The van der Waals surface area contributed by atoms with Crippen LogP contribution in [0.25, 0.3) is 22.3 Å². The Labute approximate surface area is 609 Å². The van der Waals surface area contributed by atoms with Gasteiger partial charge in [0, 0.05) is 49.1 Å². The number of benzene rings is 6. The van der Waals surface area contributed by atoms with E-state index < -0.39 is 31.3 Å². The SMILES string of the molecule is O=S(=O)([O-])C(F)(F)F.O=S(=O)([O-])C(F)(F)F.c1cc(-c2cc[n+](CC[n+]3ccc(-c4ccncc4)cc3)cc2)ccn1.c1ccc(OCc2cc3c(cc2COc2ccccc2)OCCOCCOCCOc2cc(COc4ccccc4)c(COc4ccccc4)cc2OCCOCCOCCO3)cc1. The van der Waals surface area contributed by atoms with Crippen molar-refractivity contribution >= 4 is 20.2 Å². The number of halogens is 6. The summed E-state index contributed by atoms with van der Waals surface area (Å²) in [6.07, 6.45) is 15.8. The van der Waals surface area contributed by atoms with Crippen LogP contribution in [0.15, 0.2) is 244 Å². The van der Waals surface area contributed by atoms with Crippen molar-refractivity contribution in [2.45, 2.75) is 50.5 Å². The van der Waals surface area contributed by atoms with Crippen molar-refractivity contribution in [3.05, 3.63) is 266 Å². The maximum Gasteiger partial charge on any atom is 0.485 e. The van der Waals surface area contributed by atoms with Crippen LogP contribution in [0.4, 0.5) is 26.3 Å². The van der Waals surface area contributed by atoms with Crippen LogP contribution in [-0.2, 0) is 78.7 Å². The quantitative estimate of drug-likeness (QED) is 0.0355. The number of ether oxygens (including phenoxy) is 12. The fourth-order valence-electron chi connectivity index (χ4n) is 9.39. The molecule has 1 aliphatic rings. The third kappa shape index (κ3) is 28.9. The largest absolute Gasteiger partial charge is 0.741 e. The topological polar surface area (TPSA) is 259 Å². The van der Waals surface area contributed by atoms with Crippen molar-refractivity contribution < 1.29 is 118 Å². The summed E-state index contributed by atoms with van der Waals surface area (Å²) in [5.74, 6) is 5.30. The molecule has 0 spiro atoms. The molecule has 562 valence electrons. The molecule has 106 heavy (non-hydrogen) atoms. The second kappa shape index (κ2) is 42.5. The number of alkyl halides is 6. The van der Waals surface area contributed by atoms with Gasteiger partial charge in [0.05, 0.1) is 52.9 Å². The molecule has 1 aliphatic heterocycles. The number of hydrogen-bond acceptors (Lipinski definition) is 20. The summed E-state index contributed by atoms with van der Waals surface area (Å²) in [5.41, 5.74) is -2.89. The molecule has 0 unspecified atom stereocenters. The molecule has 0 saturated carbocycles. The van der Waals surface area contributed by atoms with Crippen LogP contribution >= 0.6 is 0 Å². The maximum atomic E-state index is 10.7. The minimum atomic E-state index is -6.09. The summed E-state index contributed by atoms with van der Waals surface area (Å²) in [6.45, 7) is 7.10. The molecule has 0 fully saturated rings. The Morgan fingerprint density at radius 1 is 0.330 bits per heavy atom. The summed E-state index contributed by atoms with van der Waals surface area (Å²) in [7, 11) is -12.2. The Morgan fingerprint density at radius 3 is 0.755 bits per heavy atom. The molecular formula is C76H76F6N4O18S2. The van der Waals surface area contributed by atoms with Crippen molar-refractivity contribution in [2.75, 3.05) is 79.3 Å². The number of aryl methyl sites for hydroxylation is 2. The first kappa shape index (κ1) is 81.2. The Morgan fingerprint density at radius 2 is 0.538 bits per heavy atom. The minimum Gasteiger partial charge on any atom is -0.741 e. The first-order valence-electron chi connectivity index (χ1n) is 32.8. The first-order valence-corrected chi connectivity index (χ1v) is 35.7. The smallest absolute Gasteiger partial charge is 0.485 e. The van der Waals surface area contributed by atoms with E-state index in [4.69, 9.17) is 82.8 Å². The summed E-state index contributed by atoms with van der Waals surface area (Å²) in [5, 5.41) is 0. The van der Waals surface area contributed by atoms with Crippen molar-refractivity contribution in [3.63, 3.8) is 0 Å². The zero-order valence-corrected chi connectivity index (χ0v) is 58.7. The molecule has 30 heteroatoms. The van der Waals surface area contributed by atoms with Crippen LogP contribution in [0.3, 0.4) is 0 Å². The molecule has 4 aromatic heterocycles. The van der Waals surface area contributed by atoms with Gasteiger partial charge in [0.1, 0.15) is 75.9 Å². The maximum absolute atomic E-state index is 10.7. The third-order valence-corrected chi connectivity index (χ3v) is 15.9. The molecule has 10 aromatic rings. The van der Waals surface area contributed by atoms with Gasteiger partial charge >= 0.3 is 11.0 Å². The molecule has 0 atom stereocenters. The molecule has 6 aromatic carbocycles. The van der Waals surface area contributed by atoms with Crippen molar-refractivity contribution in [1.29, 1.82) is 0 Å². The molecule has 0 amide bonds. The van der Waals surface area contributed by atoms with Gasteiger partial charge in [0.25, 0.3) is 0 Å². The van der Waals surface area contributed by atoms with Crippen LogP contribution in [0.1, 0.15) is 22.3 Å². The molecule has 22 nitrogen and oxygen atoms in total. The monoisotopic (exact) mass is 1510 g/mol. The molecule has 0 radical (unpaired) electrons. The fourth-order valence-corrected chi connectivity index (χ4v) is 9.39. The normalized spacial score (nSPS) is 13.5. The van der Waals surface area contributed by atoms with Gasteiger partial charge in [-0.25, -0.2) is 16.8 Å². The lowest BCUT2D eigenvalue weighted by Gasteiger charge is -2.19. The van der Waals surface area contributed by atoms with Crippen LogP contribution in [0, 0.1) is 0 Å². The standard InChI is InChI=1S/C52H56O12.C22H20N4.2CHF3O3S/c1-5-13-45(14-6-1)61-37-41-33-49-50(34-42(41)38-62-46-15-7-2-8-16-46)58-30-26-54-23-24-56-28-32-60-52-36-44(40-64-48-19-11-4-12-20-48)43(39-63-47-17-9-3-10-18-47)35-51(52)59-31-27-55-22-21-53-25-29-57-49;1-9-23-10-2-19(1)21-5-13-25(14-6-21)17-18-26-15-7-22(8-16-26)20-3-11-24-12-4-20;2*2-1(3,4)8(5,6)7/h1-20,33-36H,21-32,37-40H2;1-16H,17-18H2;2*(H,5,6,7)/q;+2;;/p-2. The van der Waals surface area contributed by atoms with E-state index in [1.807, 2.05) is 195 Å². The molecular weight excluding hydrogens is 1430 g/mol. The number of hydrogen-bond donors (Lipinski definition) is 0. The van der Waals surface area contributed by atoms with Gasteiger partial charge in [-0.3, -0.25) is 9.97 Å². The molecule has 0 aliphatic carbocycles. The van der Waals surface area contributed by atoms with Gasteiger partial charge in [-0.2, -0.15) is 35.5 Å². The van der Waals surface area contributed by atoms with Crippen LogP contribution in [-0.4, -0.2) is 126 Å².